The number of aryl methyl sites for hydroxylation is 1. The second kappa shape index (κ2) is 6.98. The highest BCUT2D eigenvalue weighted by Gasteiger charge is 2.21. The fraction of sp³-hybridized carbons (Fsp3) is 0.400. The molecule has 0 radical (unpaired) electrons. The summed E-state index contributed by atoms with van der Waals surface area (Å²) in [5.74, 6) is -0.508. The number of benzene rings is 1. The van der Waals surface area contributed by atoms with E-state index in [0.717, 1.165) is 15.6 Å². The molecule has 0 aliphatic carbocycles. The monoisotopic (exact) mass is 311 g/mol. The van der Waals surface area contributed by atoms with E-state index in [9.17, 15) is 9.18 Å². The predicted molar refractivity (Wildman–Crippen MR) is 81.2 cm³/mol. The fourth-order valence-electron chi connectivity index (χ4n) is 2.24. The molecule has 0 unspecified atom stereocenters. The maximum absolute atomic E-state index is 13.3. The molecule has 1 heterocycles. The number of carbonyl (C=O) groups is 1. The highest BCUT2D eigenvalue weighted by molar-refractivity contribution is 7.21. The third-order valence-corrected chi connectivity index (χ3v) is 4.60. The van der Waals surface area contributed by atoms with E-state index in [1.165, 1.54) is 28.4 Å². The summed E-state index contributed by atoms with van der Waals surface area (Å²) in [6, 6.07) is 4.48. The molecule has 1 aromatic heterocycles. The number of thiophene rings is 1. The fourth-order valence-corrected chi connectivity index (χ4v) is 3.40. The predicted octanol–water partition coefficient (Wildman–Crippen LogP) is 2.17. The zero-order valence-corrected chi connectivity index (χ0v) is 12.6. The molecular weight excluding hydrogens is 293 g/mol. The van der Waals surface area contributed by atoms with Crippen molar-refractivity contribution >= 4 is 27.3 Å². The molecule has 0 aliphatic rings. The molecule has 0 aliphatic heterocycles. The lowest BCUT2D eigenvalue weighted by atomic mass is 10.1. The highest BCUT2D eigenvalue weighted by atomic mass is 32.1. The Balaban J connectivity index is 2.34. The van der Waals surface area contributed by atoms with Crippen LogP contribution in [0.2, 0.25) is 0 Å². The quantitative estimate of drug-likeness (QED) is 0.859. The van der Waals surface area contributed by atoms with Gasteiger partial charge in [0.2, 0.25) is 0 Å². The summed E-state index contributed by atoms with van der Waals surface area (Å²) in [6.07, 6.45) is 0.463. The number of fused-ring (bicyclic) bond motifs is 1. The van der Waals surface area contributed by atoms with Crippen LogP contribution in [0.15, 0.2) is 18.2 Å². The van der Waals surface area contributed by atoms with Crippen molar-refractivity contribution in [3.63, 3.8) is 0 Å². The minimum absolute atomic E-state index is 0.00812. The van der Waals surface area contributed by atoms with Gasteiger partial charge in [0.25, 0.3) is 5.91 Å². The van der Waals surface area contributed by atoms with Gasteiger partial charge in [0.15, 0.2) is 0 Å². The summed E-state index contributed by atoms with van der Waals surface area (Å²) in [5.41, 5.74) is 0.756. The number of rotatable bonds is 6. The van der Waals surface area contributed by atoms with Crippen molar-refractivity contribution in [2.45, 2.75) is 13.3 Å². The Kier molecular flexibility index (Phi) is 5.27. The minimum atomic E-state index is -0.324. The first-order valence-corrected chi connectivity index (χ1v) is 7.59. The van der Waals surface area contributed by atoms with Gasteiger partial charge >= 0.3 is 0 Å². The van der Waals surface area contributed by atoms with Gasteiger partial charge in [-0.15, -0.1) is 11.3 Å². The SMILES string of the molecule is Cc1c(C(=O)N(CCO)CCCO)sc2ccc(F)cc12. The maximum Gasteiger partial charge on any atom is 0.264 e. The molecule has 0 bridgehead atoms. The third-order valence-electron chi connectivity index (χ3n) is 3.34. The maximum atomic E-state index is 13.3. The van der Waals surface area contributed by atoms with Crippen LogP contribution >= 0.6 is 11.3 Å². The van der Waals surface area contributed by atoms with E-state index in [1.807, 2.05) is 0 Å². The van der Waals surface area contributed by atoms with Crippen molar-refractivity contribution in [3.05, 3.63) is 34.5 Å². The van der Waals surface area contributed by atoms with E-state index in [0.29, 0.717) is 17.8 Å². The van der Waals surface area contributed by atoms with E-state index in [2.05, 4.69) is 0 Å². The second-order valence-corrected chi connectivity index (χ2v) is 5.84. The van der Waals surface area contributed by atoms with Crippen LogP contribution in [0.3, 0.4) is 0 Å². The Morgan fingerprint density at radius 3 is 2.71 bits per heavy atom. The van der Waals surface area contributed by atoms with Crippen LogP contribution in [0.25, 0.3) is 10.1 Å². The van der Waals surface area contributed by atoms with E-state index < -0.39 is 0 Å². The average molecular weight is 311 g/mol. The van der Waals surface area contributed by atoms with E-state index in [-0.39, 0.29) is 31.5 Å². The second-order valence-electron chi connectivity index (χ2n) is 4.79. The van der Waals surface area contributed by atoms with Gasteiger partial charge in [-0.2, -0.15) is 0 Å². The van der Waals surface area contributed by atoms with Gasteiger partial charge < -0.3 is 15.1 Å². The molecule has 1 aromatic carbocycles. The van der Waals surface area contributed by atoms with Crippen LogP contribution in [-0.2, 0) is 0 Å². The molecule has 0 fully saturated rings. The number of amides is 1. The normalized spacial score (nSPS) is 11.0. The topological polar surface area (TPSA) is 60.8 Å². The summed E-state index contributed by atoms with van der Waals surface area (Å²) in [6.45, 7) is 2.27. The molecule has 0 atom stereocenters. The largest absolute Gasteiger partial charge is 0.396 e. The Bertz CT molecular complexity index is 641. The number of hydrogen-bond acceptors (Lipinski definition) is 4. The summed E-state index contributed by atoms with van der Waals surface area (Å²) in [7, 11) is 0. The first-order chi connectivity index (χ1) is 10.1. The summed E-state index contributed by atoms with van der Waals surface area (Å²) < 4.78 is 14.2. The van der Waals surface area contributed by atoms with Crippen molar-refractivity contribution in [2.24, 2.45) is 0 Å². The van der Waals surface area contributed by atoms with Gasteiger partial charge in [-0.3, -0.25) is 4.79 Å². The molecule has 6 heteroatoms. The number of hydrogen-bond donors (Lipinski definition) is 2. The highest BCUT2D eigenvalue weighted by Crippen LogP contribution is 2.32. The van der Waals surface area contributed by atoms with E-state index in [4.69, 9.17) is 10.2 Å². The molecular formula is C15H18FNO3S. The molecule has 1 amide bonds. The minimum Gasteiger partial charge on any atom is -0.396 e. The van der Waals surface area contributed by atoms with Gasteiger partial charge in [0.05, 0.1) is 11.5 Å². The zero-order valence-electron chi connectivity index (χ0n) is 11.8. The van der Waals surface area contributed by atoms with Crippen molar-refractivity contribution in [3.8, 4) is 0 Å². The first-order valence-electron chi connectivity index (χ1n) is 6.78. The lowest BCUT2D eigenvalue weighted by molar-refractivity contribution is 0.0714. The molecule has 0 saturated carbocycles. The standard InChI is InChI=1S/C15H18FNO3S/c1-10-12-9-11(16)3-4-13(12)21-14(10)15(20)17(6-8-19)5-2-7-18/h3-4,9,18-19H,2,5-8H2,1H3. The Hall–Kier alpha value is -1.50. The number of halogens is 1. The zero-order chi connectivity index (χ0) is 15.4. The Morgan fingerprint density at radius 1 is 1.29 bits per heavy atom. The lowest BCUT2D eigenvalue weighted by Gasteiger charge is -2.21. The number of aliphatic hydroxyl groups excluding tert-OH is 2. The van der Waals surface area contributed by atoms with Gasteiger partial charge in [-0.1, -0.05) is 0 Å². The summed E-state index contributed by atoms with van der Waals surface area (Å²) in [4.78, 5) is 14.6. The third kappa shape index (κ3) is 3.40. The van der Waals surface area contributed by atoms with E-state index >= 15 is 0 Å². The van der Waals surface area contributed by atoms with Crippen LogP contribution < -0.4 is 0 Å². The number of nitrogens with zero attached hydrogens (tertiary/aromatic N) is 1. The van der Waals surface area contributed by atoms with Crippen molar-refractivity contribution in [1.29, 1.82) is 0 Å². The van der Waals surface area contributed by atoms with Gasteiger partial charge in [-0.25, -0.2) is 4.39 Å². The molecule has 2 N–H and O–H groups in total. The molecule has 21 heavy (non-hydrogen) atoms. The number of carbonyl (C=O) groups excluding carboxylic acids is 1. The lowest BCUT2D eigenvalue weighted by Crippen LogP contribution is -2.34. The molecule has 4 nitrogen and oxygen atoms in total. The average Bonchev–Trinajstić information content (AvgIpc) is 2.80. The van der Waals surface area contributed by atoms with Crippen molar-refractivity contribution in [1.82, 2.24) is 4.90 Å². The van der Waals surface area contributed by atoms with Crippen molar-refractivity contribution in [2.75, 3.05) is 26.3 Å². The number of aliphatic hydroxyl groups is 2. The molecule has 2 aromatic rings. The summed E-state index contributed by atoms with van der Waals surface area (Å²) in [5, 5.41) is 18.7. The van der Waals surface area contributed by atoms with Crippen LogP contribution in [0.5, 0.6) is 0 Å². The first kappa shape index (κ1) is 15.9. The van der Waals surface area contributed by atoms with Crippen LogP contribution in [0.4, 0.5) is 4.39 Å². The van der Waals surface area contributed by atoms with Crippen LogP contribution in [0.1, 0.15) is 21.7 Å². The van der Waals surface area contributed by atoms with E-state index in [1.54, 1.807) is 13.0 Å². The molecule has 2 rings (SSSR count). The molecule has 114 valence electrons. The smallest absolute Gasteiger partial charge is 0.264 e. The van der Waals surface area contributed by atoms with Gasteiger partial charge in [-0.05, 0) is 42.5 Å². The van der Waals surface area contributed by atoms with Gasteiger partial charge in [0, 0.05) is 24.4 Å². The van der Waals surface area contributed by atoms with Crippen LogP contribution in [-0.4, -0.2) is 47.3 Å². The molecule has 0 saturated heterocycles. The summed E-state index contributed by atoms with van der Waals surface area (Å²) >= 11 is 1.33. The van der Waals surface area contributed by atoms with Gasteiger partial charge in [0.1, 0.15) is 5.82 Å². The Labute approximate surface area is 126 Å². The van der Waals surface area contributed by atoms with Crippen molar-refractivity contribution < 1.29 is 19.4 Å². The molecule has 0 spiro atoms. The Morgan fingerprint density at radius 2 is 2.05 bits per heavy atom. The van der Waals surface area contributed by atoms with Crippen LogP contribution in [0, 0.1) is 12.7 Å².